The van der Waals surface area contributed by atoms with Gasteiger partial charge in [-0.15, -0.1) is 0 Å². The van der Waals surface area contributed by atoms with E-state index in [1.165, 1.54) is 6.42 Å². The first-order valence-corrected chi connectivity index (χ1v) is 7.29. The number of nitrogens with two attached hydrogens (primary N) is 1. The summed E-state index contributed by atoms with van der Waals surface area (Å²) in [4.78, 5) is 14.8. The van der Waals surface area contributed by atoms with Crippen LogP contribution in [0.4, 0.5) is 0 Å². The molecule has 0 spiro atoms. The van der Waals surface area contributed by atoms with Crippen LogP contribution in [0.15, 0.2) is 24.3 Å². The van der Waals surface area contributed by atoms with Crippen LogP contribution in [0.25, 0.3) is 0 Å². The second-order valence-electron chi connectivity index (χ2n) is 5.43. The molecule has 0 radical (unpaired) electrons. The molecule has 1 aromatic carbocycles. The number of rotatable bonds is 3. The first kappa shape index (κ1) is 14.1. The van der Waals surface area contributed by atoms with Crippen LogP contribution in [0.5, 0.6) is 0 Å². The van der Waals surface area contributed by atoms with Crippen LogP contribution in [0, 0.1) is 0 Å². The van der Waals surface area contributed by atoms with Crippen molar-refractivity contribution in [2.24, 2.45) is 5.73 Å². The first-order chi connectivity index (χ1) is 9.15. The Morgan fingerprint density at radius 3 is 2.84 bits per heavy atom. The van der Waals surface area contributed by atoms with Crippen LogP contribution in [-0.4, -0.2) is 29.4 Å². The normalized spacial score (nSPS) is 21.2. The molecule has 0 aliphatic carbocycles. The van der Waals surface area contributed by atoms with Gasteiger partial charge < -0.3 is 10.6 Å². The average Bonchev–Trinajstić information content (AvgIpc) is 2.46. The Hall–Kier alpha value is -1.35. The predicted molar refractivity (Wildman–Crippen MR) is 78.1 cm³/mol. The van der Waals surface area contributed by atoms with Gasteiger partial charge in [-0.1, -0.05) is 25.1 Å². The summed E-state index contributed by atoms with van der Waals surface area (Å²) in [7, 11) is 0. The van der Waals surface area contributed by atoms with Gasteiger partial charge in [-0.2, -0.15) is 0 Å². The van der Waals surface area contributed by atoms with Gasteiger partial charge in [0.1, 0.15) is 0 Å². The largest absolute Gasteiger partial charge is 0.334 e. The van der Waals surface area contributed by atoms with Gasteiger partial charge in [0.2, 0.25) is 0 Å². The van der Waals surface area contributed by atoms with E-state index in [4.69, 9.17) is 5.73 Å². The average molecular weight is 260 g/mol. The second kappa shape index (κ2) is 6.20. The summed E-state index contributed by atoms with van der Waals surface area (Å²) in [6, 6.07) is 8.14. The Balaban J connectivity index is 2.26. The molecule has 1 saturated heterocycles. The highest BCUT2D eigenvalue weighted by molar-refractivity contribution is 5.96. The highest BCUT2D eigenvalue weighted by Gasteiger charge is 2.30. The zero-order valence-corrected chi connectivity index (χ0v) is 11.9. The Morgan fingerprint density at radius 2 is 2.16 bits per heavy atom. The molecule has 0 bridgehead atoms. The minimum Gasteiger partial charge on any atom is -0.334 e. The van der Waals surface area contributed by atoms with Crippen LogP contribution in [0.1, 0.15) is 49.0 Å². The van der Waals surface area contributed by atoms with E-state index in [9.17, 15) is 4.79 Å². The third-order valence-corrected chi connectivity index (χ3v) is 4.05. The first-order valence-electron chi connectivity index (χ1n) is 7.29. The van der Waals surface area contributed by atoms with Gasteiger partial charge in [-0.25, -0.2) is 0 Å². The van der Waals surface area contributed by atoms with Crippen molar-refractivity contribution in [1.82, 2.24) is 4.90 Å². The van der Waals surface area contributed by atoms with E-state index >= 15 is 0 Å². The molecule has 3 heteroatoms. The summed E-state index contributed by atoms with van der Waals surface area (Å²) in [6.07, 6.45) is 4.17. The maximum atomic E-state index is 12.8. The standard InChI is InChI=1S/C16H24N2O/c1-3-13-8-4-5-9-14(13)16(19)18-11-7-6-10-15(18)12(2)17/h4-5,8-9,12,15H,3,6-7,10-11,17H2,1-2H3. The number of nitrogens with zero attached hydrogens (tertiary/aromatic N) is 1. The lowest BCUT2D eigenvalue weighted by molar-refractivity contribution is 0.0582. The summed E-state index contributed by atoms with van der Waals surface area (Å²) in [5, 5.41) is 0. The fourth-order valence-electron chi connectivity index (χ4n) is 2.95. The highest BCUT2D eigenvalue weighted by Crippen LogP contribution is 2.23. The topological polar surface area (TPSA) is 46.3 Å². The molecular weight excluding hydrogens is 236 g/mol. The summed E-state index contributed by atoms with van der Waals surface area (Å²) < 4.78 is 0. The van der Waals surface area contributed by atoms with Crippen molar-refractivity contribution >= 4 is 5.91 Å². The van der Waals surface area contributed by atoms with Gasteiger partial charge in [-0.05, 0) is 44.2 Å². The Bertz CT molecular complexity index is 442. The van der Waals surface area contributed by atoms with Crippen LogP contribution in [0.2, 0.25) is 0 Å². The summed E-state index contributed by atoms with van der Waals surface area (Å²) in [5.74, 6) is 0.152. The summed E-state index contributed by atoms with van der Waals surface area (Å²) in [5.41, 5.74) is 8.02. The number of hydrogen-bond acceptors (Lipinski definition) is 2. The van der Waals surface area contributed by atoms with Crippen molar-refractivity contribution in [3.63, 3.8) is 0 Å². The quantitative estimate of drug-likeness (QED) is 0.908. The number of carbonyl (C=O) groups is 1. The molecule has 3 nitrogen and oxygen atoms in total. The molecule has 2 atom stereocenters. The molecule has 1 aliphatic rings. The lowest BCUT2D eigenvalue weighted by Crippen LogP contribution is -2.51. The molecule has 1 amide bonds. The van der Waals surface area contributed by atoms with Crippen LogP contribution in [-0.2, 0) is 6.42 Å². The molecule has 104 valence electrons. The lowest BCUT2D eigenvalue weighted by atomic mass is 9.95. The van der Waals surface area contributed by atoms with Gasteiger partial charge >= 0.3 is 0 Å². The zero-order chi connectivity index (χ0) is 13.8. The Kier molecular flexibility index (Phi) is 4.59. The van der Waals surface area contributed by atoms with Crippen molar-refractivity contribution in [3.05, 3.63) is 35.4 Å². The minimum absolute atomic E-state index is 0.0399. The molecule has 19 heavy (non-hydrogen) atoms. The van der Waals surface area contributed by atoms with Gasteiger partial charge in [0.05, 0.1) is 0 Å². The molecule has 0 aromatic heterocycles. The third-order valence-electron chi connectivity index (χ3n) is 4.05. The van der Waals surface area contributed by atoms with E-state index in [0.29, 0.717) is 0 Å². The number of carbonyl (C=O) groups excluding carboxylic acids is 1. The van der Waals surface area contributed by atoms with E-state index in [-0.39, 0.29) is 18.0 Å². The van der Waals surface area contributed by atoms with Crippen molar-refractivity contribution in [1.29, 1.82) is 0 Å². The predicted octanol–water partition coefficient (Wildman–Crippen LogP) is 2.59. The number of piperidine rings is 1. The van der Waals surface area contributed by atoms with E-state index in [0.717, 1.165) is 36.9 Å². The van der Waals surface area contributed by atoms with Crippen LogP contribution >= 0.6 is 0 Å². The summed E-state index contributed by atoms with van der Waals surface area (Å²) in [6.45, 7) is 4.93. The molecule has 1 fully saturated rings. The van der Waals surface area contributed by atoms with Crippen molar-refractivity contribution in [2.45, 2.75) is 51.6 Å². The van der Waals surface area contributed by atoms with Gasteiger partial charge in [0.25, 0.3) is 5.91 Å². The van der Waals surface area contributed by atoms with E-state index in [2.05, 4.69) is 6.92 Å². The molecule has 0 saturated carbocycles. The molecule has 1 heterocycles. The Morgan fingerprint density at radius 1 is 1.42 bits per heavy atom. The zero-order valence-electron chi connectivity index (χ0n) is 11.9. The number of likely N-dealkylation sites (tertiary alicyclic amines) is 1. The third kappa shape index (κ3) is 2.98. The van der Waals surface area contributed by atoms with Crippen molar-refractivity contribution in [3.8, 4) is 0 Å². The maximum Gasteiger partial charge on any atom is 0.254 e. The monoisotopic (exact) mass is 260 g/mol. The number of hydrogen-bond donors (Lipinski definition) is 1. The van der Waals surface area contributed by atoms with Crippen LogP contribution in [0.3, 0.4) is 0 Å². The number of aryl methyl sites for hydroxylation is 1. The molecule has 2 unspecified atom stereocenters. The molecule has 1 aliphatic heterocycles. The van der Waals surface area contributed by atoms with Gasteiger partial charge in [0.15, 0.2) is 0 Å². The number of amides is 1. The second-order valence-corrected chi connectivity index (χ2v) is 5.43. The van der Waals surface area contributed by atoms with E-state index in [1.54, 1.807) is 0 Å². The SMILES string of the molecule is CCc1ccccc1C(=O)N1CCCCC1C(C)N. The Labute approximate surface area is 115 Å². The maximum absolute atomic E-state index is 12.8. The summed E-state index contributed by atoms with van der Waals surface area (Å²) >= 11 is 0. The van der Waals surface area contributed by atoms with Gasteiger partial charge in [0, 0.05) is 24.2 Å². The molecule has 2 N–H and O–H groups in total. The molecule has 2 rings (SSSR count). The van der Waals surface area contributed by atoms with Crippen LogP contribution < -0.4 is 5.73 Å². The lowest BCUT2D eigenvalue weighted by Gasteiger charge is -2.38. The minimum atomic E-state index is 0.0399. The van der Waals surface area contributed by atoms with E-state index < -0.39 is 0 Å². The fraction of sp³-hybridized carbons (Fsp3) is 0.562. The van der Waals surface area contributed by atoms with Gasteiger partial charge in [-0.3, -0.25) is 4.79 Å². The number of benzene rings is 1. The smallest absolute Gasteiger partial charge is 0.254 e. The fourth-order valence-corrected chi connectivity index (χ4v) is 2.95. The van der Waals surface area contributed by atoms with Crippen molar-refractivity contribution in [2.75, 3.05) is 6.54 Å². The highest BCUT2D eigenvalue weighted by atomic mass is 16.2. The molecule has 1 aromatic rings. The van der Waals surface area contributed by atoms with E-state index in [1.807, 2.05) is 36.1 Å². The van der Waals surface area contributed by atoms with Crippen molar-refractivity contribution < 1.29 is 4.79 Å². The molecular formula is C16H24N2O.